The zero-order valence-electron chi connectivity index (χ0n) is 9.03. The molecule has 1 aromatic rings. The summed E-state index contributed by atoms with van der Waals surface area (Å²) in [6, 6.07) is 0. The van der Waals surface area contributed by atoms with Gasteiger partial charge in [0.15, 0.2) is 0 Å². The second kappa shape index (κ2) is 4.51. The Morgan fingerprint density at radius 2 is 2.27 bits per heavy atom. The molecule has 0 atom stereocenters. The monoisotopic (exact) mass is 211 g/mol. The van der Waals surface area contributed by atoms with Crippen LogP contribution in [0.3, 0.4) is 0 Å². The predicted molar refractivity (Wildman–Crippen MR) is 57.0 cm³/mol. The Balaban J connectivity index is 1.91. The quantitative estimate of drug-likeness (QED) is 0.820. The van der Waals surface area contributed by atoms with Gasteiger partial charge in [0, 0.05) is 13.1 Å². The van der Waals surface area contributed by atoms with E-state index in [2.05, 4.69) is 26.5 Å². The lowest BCUT2D eigenvalue weighted by atomic mass is 9.93. The number of hydrogen-bond acceptors (Lipinski definition) is 4. The first-order valence-corrected chi connectivity index (χ1v) is 5.60. The summed E-state index contributed by atoms with van der Waals surface area (Å²) in [7, 11) is 0. The van der Waals surface area contributed by atoms with E-state index in [0.29, 0.717) is 5.95 Å². The lowest BCUT2D eigenvalue weighted by molar-refractivity contribution is 0.364. The molecule has 1 saturated heterocycles. The van der Waals surface area contributed by atoms with Crippen molar-refractivity contribution in [2.24, 2.45) is 5.92 Å². The molecule has 1 aromatic heterocycles. The molecule has 2 heterocycles. The lowest BCUT2D eigenvalue weighted by Gasteiger charge is -2.30. The van der Waals surface area contributed by atoms with Crippen molar-refractivity contribution in [3.05, 3.63) is 10.6 Å². The highest BCUT2D eigenvalue weighted by molar-refractivity contribution is 5.26. The average Bonchev–Trinajstić information content (AvgIpc) is 2.67. The lowest BCUT2D eigenvalue weighted by Crippen LogP contribution is -2.34. The van der Waals surface area contributed by atoms with Crippen molar-refractivity contribution in [2.75, 3.05) is 18.0 Å². The number of nitrogens with zero attached hydrogens (tertiary/aromatic N) is 2. The summed E-state index contributed by atoms with van der Waals surface area (Å²) in [5.74, 6) is 0.945. The number of aromatic nitrogens is 2. The van der Waals surface area contributed by atoms with Crippen LogP contribution in [0.15, 0.2) is 9.32 Å². The van der Waals surface area contributed by atoms with Crippen LogP contribution in [0.1, 0.15) is 32.6 Å². The van der Waals surface area contributed by atoms with Crippen molar-refractivity contribution in [1.82, 2.24) is 10.1 Å². The molecule has 0 unspecified atom stereocenters. The first kappa shape index (κ1) is 10.3. The van der Waals surface area contributed by atoms with Crippen molar-refractivity contribution in [2.45, 2.75) is 32.6 Å². The van der Waals surface area contributed by atoms with Crippen LogP contribution >= 0.6 is 0 Å². The SMILES string of the molecule is CCCC1CCN(c2noc(=O)[nH]2)CC1. The van der Waals surface area contributed by atoms with Gasteiger partial charge in [-0.25, -0.2) is 4.79 Å². The van der Waals surface area contributed by atoms with E-state index in [1.807, 2.05) is 0 Å². The summed E-state index contributed by atoms with van der Waals surface area (Å²) in [5, 5.41) is 3.69. The van der Waals surface area contributed by atoms with Gasteiger partial charge in [0.1, 0.15) is 0 Å². The van der Waals surface area contributed by atoms with Gasteiger partial charge in [0.05, 0.1) is 0 Å². The first-order valence-electron chi connectivity index (χ1n) is 5.60. The van der Waals surface area contributed by atoms with Gasteiger partial charge < -0.3 is 4.90 Å². The minimum atomic E-state index is -0.472. The molecule has 0 aliphatic carbocycles. The predicted octanol–water partition coefficient (Wildman–Crippen LogP) is 1.38. The normalized spacial score (nSPS) is 18.3. The molecule has 1 fully saturated rings. The highest BCUT2D eigenvalue weighted by atomic mass is 16.5. The molecule has 0 amide bonds. The highest BCUT2D eigenvalue weighted by Crippen LogP contribution is 2.23. The van der Waals surface area contributed by atoms with Crippen LogP contribution in [0.5, 0.6) is 0 Å². The topological polar surface area (TPSA) is 62.1 Å². The number of aromatic amines is 1. The molecule has 1 aliphatic rings. The summed E-state index contributed by atoms with van der Waals surface area (Å²) >= 11 is 0. The Labute approximate surface area is 88.5 Å². The van der Waals surface area contributed by atoms with Gasteiger partial charge in [-0.15, -0.1) is 0 Å². The van der Waals surface area contributed by atoms with E-state index in [9.17, 15) is 4.79 Å². The van der Waals surface area contributed by atoms with Crippen LogP contribution in [0.25, 0.3) is 0 Å². The molecule has 1 aliphatic heterocycles. The van der Waals surface area contributed by atoms with Crippen molar-refractivity contribution < 1.29 is 4.52 Å². The summed E-state index contributed by atoms with van der Waals surface area (Å²) in [5.41, 5.74) is 0. The summed E-state index contributed by atoms with van der Waals surface area (Å²) in [6.07, 6.45) is 4.93. The van der Waals surface area contributed by atoms with E-state index in [1.165, 1.54) is 25.7 Å². The maximum atomic E-state index is 10.8. The van der Waals surface area contributed by atoms with Crippen LogP contribution < -0.4 is 10.7 Å². The van der Waals surface area contributed by atoms with Gasteiger partial charge in [0.25, 0.3) is 0 Å². The van der Waals surface area contributed by atoms with E-state index in [4.69, 9.17) is 0 Å². The van der Waals surface area contributed by atoms with Gasteiger partial charge in [-0.3, -0.25) is 9.51 Å². The molecule has 84 valence electrons. The van der Waals surface area contributed by atoms with Crippen LogP contribution in [-0.4, -0.2) is 23.2 Å². The smallest absolute Gasteiger partial charge is 0.340 e. The summed E-state index contributed by atoms with van der Waals surface area (Å²) < 4.78 is 4.49. The Hall–Kier alpha value is -1.26. The van der Waals surface area contributed by atoms with Gasteiger partial charge in [-0.1, -0.05) is 19.8 Å². The maximum absolute atomic E-state index is 10.8. The minimum Gasteiger partial charge on any atom is -0.340 e. The number of nitrogens with one attached hydrogen (secondary N) is 1. The summed E-state index contributed by atoms with van der Waals surface area (Å²) in [6.45, 7) is 4.15. The van der Waals surface area contributed by atoms with Gasteiger partial charge in [-0.05, 0) is 23.9 Å². The molecule has 0 bridgehead atoms. The minimum absolute atomic E-state index is 0.472. The van der Waals surface area contributed by atoms with Crippen LogP contribution in [0, 0.1) is 5.92 Å². The summed E-state index contributed by atoms with van der Waals surface area (Å²) in [4.78, 5) is 15.5. The van der Waals surface area contributed by atoms with E-state index >= 15 is 0 Å². The Kier molecular flexibility index (Phi) is 3.08. The van der Waals surface area contributed by atoms with Crippen molar-refractivity contribution in [3.63, 3.8) is 0 Å². The molecule has 2 rings (SSSR count). The third kappa shape index (κ3) is 2.40. The molecule has 0 saturated carbocycles. The number of piperidine rings is 1. The second-order valence-corrected chi connectivity index (χ2v) is 4.14. The average molecular weight is 211 g/mol. The Morgan fingerprint density at radius 1 is 1.53 bits per heavy atom. The van der Waals surface area contributed by atoms with Crippen LogP contribution in [-0.2, 0) is 0 Å². The second-order valence-electron chi connectivity index (χ2n) is 4.14. The molecule has 0 spiro atoms. The van der Waals surface area contributed by atoms with Gasteiger partial charge >= 0.3 is 5.76 Å². The number of rotatable bonds is 3. The molecule has 1 N–H and O–H groups in total. The van der Waals surface area contributed by atoms with Gasteiger partial charge in [-0.2, -0.15) is 0 Å². The van der Waals surface area contributed by atoms with Crippen LogP contribution in [0.2, 0.25) is 0 Å². The fourth-order valence-corrected chi connectivity index (χ4v) is 2.20. The third-order valence-corrected chi connectivity index (χ3v) is 3.04. The van der Waals surface area contributed by atoms with Crippen LogP contribution in [0.4, 0.5) is 5.95 Å². The third-order valence-electron chi connectivity index (χ3n) is 3.04. The van der Waals surface area contributed by atoms with Crippen molar-refractivity contribution in [3.8, 4) is 0 Å². The number of H-pyrrole nitrogens is 1. The first-order chi connectivity index (χ1) is 7.29. The van der Waals surface area contributed by atoms with Gasteiger partial charge in [0.2, 0.25) is 5.95 Å². The van der Waals surface area contributed by atoms with Crippen molar-refractivity contribution in [1.29, 1.82) is 0 Å². The highest BCUT2D eigenvalue weighted by Gasteiger charge is 2.20. The fraction of sp³-hybridized carbons (Fsp3) is 0.800. The molecule has 15 heavy (non-hydrogen) atoms. The van der Waals surface area contributed by atoms with E-state index in [1.54, 1.807) is 0 Å². The molecule has 0 radical (unpaired) electrons. The van der Waals surface area contributed by atoms with E-state index in [0.717, 1.165) is 19.0 Å². The molecular formula is C10H17N3O2. The molecular weight excluding hydrogens is 194 g/mol. The standard InChI is InChI=1S/C10H17N3O2/c1-2-3-8-4-6-13(7-5-8)9-11-10(14)15-12-9/h8H,2-7H2,1H3,(H,11,12,14). The zero-order chi connectivity index (χ0) is 10.7. The molecule has 0 aromatic carbocycles. The zero-order valence-corrected chi connectivity index (χ0v) is 9.03. The number of anilines is 1. The maximum Gasteiger partial charge on any atom is 0.440 e. The Bertz CT molecular complexity index is 350. The largest absolute Gasteiger partial charge is 0.440 e. The molecule has 5 nitrogen and oxygen atoms in total. The van der Waals surface area contributed by atoms with E-state index < -0.39 is 5.76 Å². The Morgan fingerprint density at radius 3 is 2.80 bits per heavy atom. The number of hydrogen-bond donors (Lipinski definition) is 1. The fourth-order valence-electron chi connectivity index (χ4n) is 2.20. The van der Waals surface area contributed by atoms with Crippen molar-refractivity contribution >= 4 is 5.95 Å². The van der Waals surface area contributed by atoms with E-state index in [-0.39, 0.29) is 0 Å². The molecule has 5 heteroatoms.